The van der Waals surface area contributed by atoms with Crippen molar-refractivity contribution in [3.05, 3.63) is 34.3 Å². The molecule has 4 heteroatoms. The summed E-state index contributed by atoms with van der Waals surface area (Å²) in [6, 6.07) is 6.54. The van der Waals surface area contributed by atoms with Crippen LogP contribution in [0.1, 0.15) is 24.8 Å². The molecule has 0 spiro atoms. The molecule has 1 aromatic rings. The second-order valence-electron chi connectivity index (χ2n) is 3.94. The molecule has 1 aromatic carbocycles. The summed E-state index contributed by atoms with van der Waals surface area (Å²) in [5.74, 6) is 0. The van der Waals surface area contributed by atoms with Gasteiger partial charge < -0.3 is 0 Å². The van der Waals surface area contributed by atoms with Crippen LogP contribution in [0.3, 0.4) is 0 Å². The Balaban J connectivity index is 2.43. The monoisotopic (exact) mass is 278 g/mol. The van der Waals surface area contributed by atoms with Crippen LogP contribution < -0.4 is 0 Å². The average molecular weight is 279 g/mol. The predicted octanol–water partition coefficient (Wildman–Crippen LogP) is 4.43. The van der Waals surface area contributed by atoms with E-state index >= 15 is 0 Å². The third-order valence-electron chi connectivity index (χ3n) is 3.13. The van der Waals surface area contributed by atoms with E-state index in [0.717, 1.165) is 0 Å². The van der Waals surface area contributed by atoms with Crippen LogP contribution in [0.2, 0.25) is 0 Å². The molecule has 1 aliphatic carbocycles. The fraction of sp³-hybridized carbons (Fsp3) is 0.455. The molecular weight excluding hydrogens is 269 g/mol. The second-order valence-corrected chi connectivity index (χ2v) is 4.86. The summed E-state index contributed by atoms with van der Waals surface area (Å²) in [4.78, 5) is 0. The molecule has 15 heavy (non-hydrogen) atoms. The predicted molar refractivity (Wildman–Crippen MR) is 55.7 cm³/mol. The minimum atomic E-state index is -4.13. The Bertz CT molecular complexity index is 366. The summed E-state index contributed by atoms with van der Waals surface area (Å²) in [7, 11) is 0. The Morgan fingerprint density at radius 1 is 1.20 bits per heavy atom. The SMILES string of the molecule is FC(F)(F)C1(c2cccc(Br)c2)CCC1. The van der Waals surface area contributed by atoms with Gasteiger partial charge in [-0.25, -0.2) is 0 Å². The first-order valence-electron chi connectivity index (χ1n) is 4.78. The van der Waals surface area contributed by atoms with Gasteiger partial charge in [0.15, 0.2) is 0 Å². The van der Waals surface area contributed by atoms with E-state index < -0.39 is 11.6 Å². The van der Waals surface area contributed by atoms with Gasteiger partial charge in [0.25, 0.3) is 0 Å². The van der Waals surface area contributed by atoms with Crippen molar-refractivity contribution < 1.29 is 13.2 Å². The van der Waals surface area contributed by atoms with Crippen molar-refractivity contribution in [2.45, 2.75) is 30.9 Å². The van der Waals surface area contributed by atoms with Gasteiger partial charge in [-0.1, -0.05) is 34.5 Å². The highest BCUT2D eigenvalue weighted by molar-refractivity contribution is 9.10. The highest BCUT2D eigenvalue weighted by Crippen LogP contribution is 2.54. The Morgan fingerprint density at radius 2 is 1.87 bits per heavy atom. The van der Waals surface area contributed by atoms with Gasteiger partial charge >= 0.3 is 6.18 Å². The highest BCUT2D eigenvalue weighted by Gasteiger charge is 2.59. The van der Waals surface area contributed by atoms with Crippen molar-refractivity contribution in [2.24, 2.45) is 0 Å². The van der Waals surface area contributed by atoms with Gasteiger partial charge in [0, 0.05) is 4.47 Å². The molecule has 2 rings (SSSR count). The molecule has 0 aliphatic heterocycles. The number of alkyl halides is 3. The van der Waals surface area contributed by atoms with Gasteiger partial charge in [0.05, 0.1) is 5.41 Å². The van der Waals surface area contributed by atoms with E-state index in [-0.39, 0.29) is 12.8 Å². The molecule has 0 aromatic heterocycles. The van der Waals surface area contributed by atoms with E-state index in [1.807, 2.05) is 0 Å². The maximum absolute atomic E-state index is 13.0. The van der Waals surface area contributed by atoms with Gasteiger partial charge in [0.1, 0.15) is 0 Å². The third-order valence-corrected chi connectivity index (χ3v) is 3.62. The summed E-state index contributed by atoms with van der Waals surface area (Å²) in [5, 5.41) is 0. The first-order valence-corrected chi connectivity index (χ1v) is 5.58. The van der Waals surface area contributed by atoms with Crippen molar-refractivity contribution in [3.8, 4) is 0 Å². The molecule has 0 atom stereocenters. The molecule has 0 unspecified atom stereocenters. The van der Waals surface area contributed by atoms with Crippen LogP contribution in [-0.4, -0.2) is 6.18 Å². The van der Waals surface area contributed by atoms with Gasteiger partial charge in [0.2, 0.25) is 0 Å². The van der Waals surface area contributed by atoms with E-state index in [1.54, 1.807) is 24.3 Å². The molecule has 0 heterocycles. The van der Waals surface area contributed by atoms with Gasteiger partial charge in [-0.2, -0.15) is 13.2 Å². The molecule has 0 bridgehead atoms. The molecule has 0 amide bonds. The molecule has 0 N–H and O–H groups in total. The van der Waals surface area contributed by atoms with Crippen LogP contribution in [-0.2, 0) is 5.41 Å². The van der Waals surface area contributed by atoms with Crippen LogP contribution in [0, 0.1) is 0 Å². The topological polar surface area (TPSA) is 0 Å². The first kappa shape index (κ1) is 11.0. The zero-order chi connectivity index (χ0) is 11.1. The third kappa shape index (κ3) is 1.69. The summed E-state index contributed by atoms with van der Waals surface area (Å²) >= 11 is 3.21. The van der Waals surface area contributed by atoms with Crippen molar-refractivity contribution in [3.63, 3.8) is 0 Å². The fourth-order valence-electron chi connectivity index (χ4n) is 2.05. The maximum Gasteiger partial charge on any atom is 0.398 e. The van der Waals surface area contributed by atoms with E-state index in [2.05, 4.69) is 15.9 Å². The normalized spacial score (nSPS) is 19.7. The number of benzene rings is 1. The minimum absolute atomic E-state index is 0.215. The van der Waals surface area contributed by atoms with E-state index in [1.165, 1.54) is 0 Å². The van der Waals surface area contributed by atoms with Crippen LogP contribution in [0.15, 0.2) is 28.7 Å². The summed E-state index contributed by atoms with van der Waals surface area (Å²) in [5.41, 5.74) is -1.20. The maximum atomic E-state index is 13.0. The molecule has 82 valence electrons. The zero-order valence-corrected chi connectivity index (χ0v) is 9.53. The van der Waals surface area contributed by atoms with Crippen LogP contribution in [0.5, 0.6) is 0 Å². The molecule has 1 saturated carbocycles. The lowest BCUT2D eigenvalue weighted by molar-refractivity contribution is -0.212. The summed E-state index contributed by atoms with van der Waals surface area (Å²) in [6.07, 6.45) is -3.04. The van der Waals surface area contributed by atoms with Crippen LogP contribution in [0.25, 0.3) is 0 Å². The lowest BCUT2D eigenvalue weighted by atomic mass is 9.64. The van der Waals surface area contributed by atoms with Crippen LogP contribution >= 0.6 is 15.9 Å². The lowest BCUT2D eigenvalue weighted by Crippen LogP contribution is -2.47. The largest absolute Gasteiger partial charge is 0.398 e. The lowest BCUT2D eigenvalue weighted by Gasteiger charge is -2.43. The molecular formula is C11H10BrF3. The molecule has 0 radical (unpaired) electrons. The number of rotatable bonds is 1. The molecule has 1 fully saturated rings. The van der Waals surface area contributed by atoms with E-state index in [0.29, 0.717) is 16.5 Å². The first-order chi connectivity index (χ1) is 6.96. The number of halogens is 4. The Morgan fingerprint density at radius 3 is 2.27 bits per heavy atom. The Hall–Kier alpha value is -0.510. The van der Waals surface area contributed by atoms with E-state index in [9.17, 15) is 13.2 Å². The van der Waals surface area contributed by atoms with Crippen LogP contribution in [0.4, 0.5) is 13.2 Å². The van der Waals surface area contributed by atoms with Crippen molar-refractivity contribution in [2.75, 3.05) is 0 Å². The Labute approximate surface area is 94.6 Å². The van der Waals surface area contributed by atoms with Crippen molar-refractivity contribution in [1.29, 1.82) is 0 Å². The molecule has 0 nitrogen and oxygen atoms in total. The van der Waals surface area contributed by atoms with Crippen molar-refractivity contribution >= 4 is 15.9 Å². The van der Waals surface area contributed by atoms with Crippen molar-refractivity contribution in [1.82, 2.24) is 0 Å². The number of hydrogen-bond donors (Lipinski definition) is 0. The van der Waals surface area contributed by atoms with Gasteiger partial charge in [-0.15, -0.1) is 0 Å². The molecule has 1 aliphatic rings. The minimum Gasteiger partial charge on any atom is -0.170 e. The summed E-state index contributed by atoms with van der Waals surface area (Å²) in [6.45, 7) is 0. The summed E-state index contributed by atoms with van der Waals surface area (Å²) < 4.78 is 39.6. The highest BCUT2D eigenvalue weighted by atomic mass is 79.9. The number of hydrogen-bond acceptors (Lipinski definition) is 0. The fourth-order valence-corrected chi connectivity index (χ4v) is 2.45. The van der Waals surface area contributed by atoms with Gasteiger partial charge in [-0.05, 0) is 30.5 Å². The quantitative estimate of drug-likeness (QED) is 0.713. The second kappa shape index (κ2) is 3.51. The van der Waals surface area contributed by atoms with E-state index in [4.69, 9.17) is 0 Å². The molecule has 0 saturated heterocycles. The Kier molecular flexibility index (Phi) is 2.57. The average Bonchev–Trinajstić information content (AvgIpc) is 1.98. The smallest absolute Gasteiger partial charge is 0.170 e. The van der Waals surface area contributed by atoms with Gasteiger partial charge in [-0.3, -0.25) is 0 Å². The standard InChI is InChI=1S/C11H10BrF3/c12-9-4-1-3-8(7-9)10(5-2-6-10)11(13,14)15/h1,3-4,7H,2,5-6H2. The zero-order valence-electron chi connectivity index (χ0n) is 7.94.